The van der Waals surface area contributed by atoms with Crippen LogP contribution in [0.3, 0.4) is 0 Å². The van der Waals surface area contributed by atoms with Crippen molar-refractivity contribution < 1.29 is 19.1 Å². The predicted octanol–water partition coefficient (Wildman–Crippen LogP) is 4.14. The van der Waals surface area contributed by atoms with Crippen LogP contribution in [0.1, 0.15) is 33.6 Å². The summed E-state index contributed by atoms with van der Waals surface area (Å²) in [4.78, 5) is 27.5. The Balaban J connectivity index is 1.32. The number of carbonyl (C=O) groups is 2. The van der Waals surface area contributed by atoms with Gasteiger partial charge in [0, 0.05) is 30.8 Å². The smallest absolute Gasteiger partial charge is 0.253 e. The van der Waals surface area contributed by atoms with Gasteiger partial charge in [-0.05, 0) is 53.8 Å². The molecular weight excluding hydrogens is 404 g/mol. The van der Waals surface area contributed by atoms with Gasteiger partial charge in [-0.25, -0.2) is 0 Å². The summed E-state index contributed by atoms with van der Waals surface area (Å²) < 4.78 is 10.6. The van der Waals surface area contributed by atoms with E-state index in [9.17, 15) is 9.59 Å². The number of ether oxygens (including phenoxy) is 2. The van der Waals surface area contributed by atoms with Crippen molar-refractivity contribution >= 4 is 22.6 Å². The molecule has 0 atom stereocenters. The Labute approximate surface area is 188 Å². The minimum atomic E-state index is -0.0503. The lowest BCUT2D eigenvalue weighted by Gasteiger charge is -2.32. The second-order valence-electron chi connectivity index (χ2n) is 8.04. The lowest BCUT2D eigenvalue weighted by Crippen LogP contribution is -2.41. The van der Waals surface area contributed by atoms with E-state index in [-0.39, 0.29) is 11.8 Å². The average Bonchev–Trinajstić information content (AvgIpc) is 2.86. The highest BCUT2D eigenvalue weighted by atomic mass is 16.5. The van der Waals surface area contributed by atoms with Gasteiger partial charge in [0.25, 0.3) is 11.8 Å². The summed E-state index contributed by atoms with van der Waals surface area (Å²) in [6.07, 6.45) is 1.71. The third-order valence-electron chi connectivity index (χ3n) is 6.12. The van der Waals surface area contributed by atoms with Crippen LogP contribution < -0.4 is 14.8 Å². The van der Waals surface area contributed by atoms with Gasteiger partial charge in [0.1, 0.15) is 0 Å². The number of nitrogens with zero attached hydrogens (tertiary/aromatic N) is 1. The summed E-state index contributed by atoms with van der Waals surface area (Å²) in [6.45, 7) is 1.95. The van der Waals surface area contributed by atoms with E-state index in [0.717, 1.165) is 23.6 Å². The predicted molar refractivity (Wildman–Crippen MR) is 124 cm³/mol. The summed E-state index contributed by atoms with van der Waals surface area (Å²) in [5, 5.41) is 5.11. The van der Waals surface area contributed by atoms with Crippen LogP contribution in [0.15, 0.2) is 60.7 Å². The molecule has 0 unspecified atom stereocenters. The second-order valence-corrected chi connectivity index (χ2v) is 8.04. The lowest BCUT2D eigenvalue weighted by atomic mass is 9.96. The first-order chi connectivity index (χ1) is 15.6. The normalized spacial score (nSPS) is 14.2. The van der Waals surface area contributed by atoms with E-state index in [1.807, 2.05) is 47.4 Å². The van der Waals surface area contributed by atoms with Crippen LogP contribution in [0.5, 0.6) is 11.5 Å². The zero-order valence-electron chi connectivity index (χ0n) is 18.5. The minimum Gasteiger partial charge on any atom is -0.493 e. The van der Waals surface area contributed by atoms with Gasteiger partial charge in [-0.3, -0.25) is 9.59 Å². The van der Waals surface area contributed by atoms with Gasteiger partial charge in [-0.1, -0.05) is 36.4 Å². The zero-order valence-corrected chi connectivity index (χ0v) is 18.5. The Hall–Kier alpha value is -3.54. The van der Waals surface area contributed by atoms with Gasteiger partial charge in [-0.15, -0.1) is 0 Å². The van der Waals surface area contributed by atoms with Crippen molar-refractivity contribution in [2.75, 3.05) is 33.9 Å². The fourth-order valence-electron chi connectivity index (χ4n) is 4.25. The second kappa shape index (κ2) is 9.73. The van der Waals surface area contributed by atoms with Crippen molar-refractivity contribution in [2.24, 2.45) is 5.92 Å². The molecule has 4 rings (SSSR count). The van der Waals surface area contributed by atoms with Gasteiger partial charge in [-0.2, -0.15) is 0 Å². The fraction of sp³-hybridized carbons (Fsp3) is 0.308. The molecule has 3 aromatic rings. The molecule has 32 heavy (non-hydrogen) atoms. The third kappa shape index (κ3) is 4.54. The number of carbonyl (C=O) groups excluding carboxylic acids is 2. The lowest BCUT2D eigenvalue weighted by molar-refractivity contribution is 0.0684. The molecule has 1 fully saturated rings. The van der Waals surface area contributed by atoms with Crippen molar-refractivity contribution in [2.45, 2.75) is 12.8 Å². The summed E-state index contributed by atoms with van der Waals surface area (Å²) in [6, 6.07) is 18.9. The highest BCUT2D eigenvalue weighted by molar-refractivity contribution is 6.07. The molecule has 0 saturated carbocycles. The summed E-state index contributed by atoms with van der Waals surface area (Å²) in [5.41, 5.74) is 1.29. The molecule has 3 aromatic carbocycles. The van der Waals surface area contributed by atoms with Gasteiger partial charge >= 0.3 is 0 Å². The summed E-state index contributed by atoms with van der Waals surface area (Å²) >= 11 is 0. The fourth-order valence-corrected chi connectivity index (χ4v) is 4.25. The van der Waals surface area contributed by atoms with E-state index in [0.29, 0.717) is 48.2 Å². The van der Waals surface area contributed by atoms with E-state index in [1.54, 1.807) is 32.4 Å². The molecule has 0 bridgehead atoms. The van der Waals surface area contributed by atoms with Crippen molar-refractivity contribution in [3.05, 3.63) is 71.8 Å². The number of piperidine rings is 1. The number of likely N-dealkylation sites (tertiary alicyclic amines) is 1. The first-order valence-electron chi connectivity index (χ1n) is 10.9. The topological polar surface area (TPSA) is 67.9 Å². The number of benzene rings is 3. The van der Waals surface area contributed by atoms with Crippen LogP contribution in [-0.4, -0.2) is 50.6 Å². The molecule has 0 aliphatic carbocycles. The van der Waals surface area contributed by atoms with E-state index in [1.165, 1.54) is 0 Å². The largest absolute Gasteiger partial charge is 0.493 e. The van der Waals surface area contributed by atoms with Crippen molar-refractivity contribution in [3.8, 4) is 11.5 Å². The Kier molecular flexibility index (Phi) is 6.59. The van der Waals surface area contributed by atoms with Crippen LogP contribution in [0.2, 0.25) is 0 Å². The highest BCUT2D eigenvalue weighted by Crippen LogP contribution is 2.29. The maximum absolute atomic E-state index is 12.9. The van der Waals surface area contributed by atoms with Crippen LogP contribution in [0.4, 0.5) is 0 Å². The molecule has 0 spiro atoms. The Morgan fingerprint density at radius 3 is 2.41 bits per heavy atom. The number of nitrogens with one attached hydrogen (secondary N) is 1. The van der Waals surface area contributed by atoms with Gasteiger partial charge in [0.15, 0.2) is 11.5 Å². The van der Waals surface area contributed by atoms with Crippen molar-refractivity contribution in [1.82, 2.24) is 10.2 Å². The molecule has 6 heteroatoms. The van der Waals surface area contributed by atoms with E-state index in [2.05, 4.69) is 5.32 Å². The zero-order chi connectivity index (χ0) is 22.5. The summed E-state index contributed by atoms with van der Waals surface area (Å²) in [7, 11) is 3.13. The van der Waals surface area contributed by atoms with Crippen LogP contribution in [0, 0.1) is 5.92 Å². The maximum Gasteiger partial charge on any atom is 0.253 e. The van der Waals surface area contributed by atoms with E-state index >= 15 is 0 Å². The molecule has 0 aromatic heterocycles. The maximum atomic E-state index is 12.9. The quantitative estimate of drug-likeness (QED) is 0.636. The molecule has 0 radical (unpaired) electrons. The molecule has 1 N–H and O–H groups in total. The number of amides is 2. The number of methoxy groups -OCH3 is 2. The van der Waals surface area contributed by atoms with Crippen molar-refractivity contribution in [1.29, 1.82) is 0 Å². The van der Waals surface area contributed by atoms with E-state index in [4.69, 9.17) is 9.47 Å². The molecule has 2 amide bonds. The molecular formula is C26H28N2O4. The first-order valence-corrected chi connectivity index (χ1v) is 10.9. The third-order valence-corrected chi connectivity index (χ3v) is 6.12. The average molecular weight is 433 g/mol. The number of rotatable bonds is 6. The van der Waals surface area contributed by atoms with Crippen LogP contribution in [0.25, 0.3) is 10.8 Å². The number of fused-ring (bicyclic) bond motifs is 1. The first kappa shape index (κ1) is 21.7. The summed E-state index contributed by atoms with van der Waals surface area (Å²) in [5.74, 6) is 1.44. The van der Waals surface area contributed by atoms with Crippen molar-refractivity contribution in [3.63, 3.8) is 0 Å². The number of hydrogen-bond acceptors (Lipinski definition) is 4. The highest BCUT2D eigenvalue weighted by Gasteiger charge is 2.25. The standard InChI is InChI=1S/C26H28N2O4/c1-31-23-11-10-20(16-24(23)32-2)26(30)28-14-12-18(13-15-28)17-27-25(29)22-9-5-7-19-6-3-4-8-21(19)22/h3-11,16,18H,12-15,17H2,1-2H3,(H,27,29). The Morgan fingerprint density at radius 2 is 1.66 bits per heavy atom. The Morgan fingerprint density at radius 1 is 0.938 bits per heavy atom. The molecule has 6 nitrogen and oxygen atoms in total. The molecule has 1 saturated heterocycles. The monoisotopic (exact) mass is 432 g/mol. The van der Waals surface area contributed by atoms with Gasteiger partial charge in [0.2, 0.25) is 0 Å². The SMILES string of the molecule is COc1ccc(C(=O)N2CCC(CNC(=O)c3cccc4ccccc34)CC2)cc1OC. The van der Waals surface area contributed by atoms with E-state index < -0.39 is 0 Å². The Bertz CT molecular complexity index is 1110. The molecule has 1 aliphatic rings. The minimum absolute atomic E-state index is 0.0100. The van der Waals surface area contributed by atoms with Gasteiger partial charge < -0.3 is 19.7 Å². The molecule has 1 heterocycles. The van der Waals surface area contributed by atoms with Gasteiger partial charge in [0.05, 0.1) is 14.2 Å². The number of hydrogen-bond donors (Lipinski definition) is 1. The molecule has 1 aliphatic heterocycles. The molecule has 166 valence electrons. The van der Waals surface area contributed by atoms with Crippen LogP contribution in [-0.2, 0) is 0 Å². The van der Waals surface area contributed by atoms with Crippen LogP contribution >= 0.6 is 0 Å².